The van der Waals surface area contributed by atoms with Gasteiger partial charge in [-0.15, -0.1) is 0 Å². The van der Waals surface area contributed by atoms with Gasteiger partial charge < -0.3 is 10.6 Å². The molecule has 4 rings (SSSR count). The molecule has 0 atom stereocenters. The van der Waals surface area contributed by atoms with E-state index >= 15 is 0 Å². The number of nitrogens with zero attached hydrogens (tertiary/aromatic N) is 2. The van der Waals surface area contributed by atoms with Crippen LogP contribution in [0.25, 0.3) is 10.9 Å². The van der Waals surface area contributed by atoms with Gasteiger partial charge in [0.15, 0.2) is 5.78 Å². The summed E-state index contributed by atoms with van der Waals surface area (Å²) in [5, 5.41) is 8.20. The first-order valence-corrected chi connectivity index (χ1v) is 9.60. The predicted molar refractivity (Wildman–Crippen MR) is 118 cm³/mol. The van der Waals surface area contributed by atoms with E-state index in [0.29, 0.717) is 28.9 Å². The molecule has 0 bridgehead atoms. The van der Waals surface area contributed by atoms with Gasteiger partial charge in [0.1, 0.15) is 5.82 Å². The third-order valence-electron chi connectivity index (χ3n) is 4.53. The molecular weight excluding hydrogens is 384 g/mol. The molecule has 3 aromatic carbocycles. The van der Waals surface area contributed by atoms with Crippen molar-refractivity contribution in [3.8, 4) is 0 Å². The average Bonchev–Trinajstić information content (AvgIpc) is 2.73. The van der Waals surface area contributed by atoms with Crippen LogP contribution in [-0.2, 0) is 6.54 Å². The van der Waals surface area contributed by atoms with Gasteiger partial charge in [-0.25, -0.2) is 4.98 Å². The summed E-state index contributed by atoms with van der Waals surface area (Å²) in [6.45, 7) is 2.09. The number of carbonyl (C=O) groups excluding carboxylic acids is 1. The largest absolute Gasteiger partial charge is 0.365 e. The van der Waals surface area contributed by atoms with E-state index in [9.17, 15) is 4.79 Å². The highest BCUT2D eigenvalue weighted by molar-refractivity contribution is 6.31. The van der Waals surface area contributed by atoms with Crippen LogP contribution in [-0.4, -0.2) is 15.8 Å². The van der Waals surface area contributed by atoms with E-state index < -0.39 is 0 Å². The minimum atomic E-state index is 0.00942. The van der Waals surface area contributed by atoms with E-state index in [1.54, 1.807) is 19.1 Å². The summed E-state index contributed by atoms with van der Waals surface area (Å²) >= 11 is 6.28. The number of hydrogen-bond donors (Lipinski definition) is 2. The summed E-state index contributed by atoms with van der Waals surface area (Å²) in [5.41, 5.74) is 3.19. The minimum absolute atomic E-state index is 0.00942. The van der Waals surface area contributed by atoms with Crippen LogP contribution in [0.5, 0.6) is 0 Å². The summed E-state index contributed by atoms with van der Waals surface area (Å²) in [6, 6.07) is 22.8. The number of anilines is 3. The zero-order valence-electron chi connectivity index (χ0n) is 15.8. The fourth-order valence-corrected chi connectivity index (χ4v) is 3.24. The second-order valence-electron chi connectivity index (χ2n) is 6.62. The molecule has 5 nitrogen and oxygen atoms in total. The third kappa shape index (κ3) is 4.36. The van der Waals surface area contributed by atoms with Gasteiger partial charge in [-0.1, -0.05) is 54.1 Å². The number of hydrogen-bond acceptors (Lipinski definition) is 5. The van der Waals surface area contributed by atoms with E-state index in [-0.39, 0.29) is 5.78 Å². The molecule has 0 spiro atoms. The normalized spacial score (nSPS) is 10.7. The summed E-state index contributed by atoms with van der Waals surface area (Å²) < 4.78 is 0. The predicted octanol–water partition coefficient (Wildman–Crippen LogP) is 5.84. The van der Waals surface area contributed by atoms with Crippen molar-refractivity contribution in [2.75, 3.05) is 10.6 Å². The summed E-state index contributed by atoms with van der Waals surface area (Å²) in [5.74, 6) is 1.17. The third-order valence-corrected chi connectivity index (χ3v) is 4.90. The summed E-state index contributed by atoms with van der Waals surface area (Å²) in [6.07, 6.45) is 0. The molecule has 144 valence electrons. The van der Waals surface area contributed by atoms with Crippen molar-refractivity contribution < 1.29 is 4.79 Å². The van der Waals surface area contributed by atoms with E-state index in [1.807, 2.05) is 60.7 Å². The topological polar surface area (TPSA) is 66.9 Å². The maximum absolute atomic E-state index is 11.6. The first-order chi connectivity index (χ1) is 14.1. The van der Waals surface area contributed by atoms with Crippen molar-refractivity contribution in [2.45, 2.75) is 13.5 Å². The van der Waals surface area contributed by atoms with Crippen LogP contribution in [0.4, 0.5) is 17.5 Å². The van der Waals surface area contributed by atoms with Gasteiger partial charge in [-0.05, 0) is 42.8 Å². The van der Waals surface area contributed by atoms with Gasteiger partial charge in [-0.2, -0.15) is 4.98 Å². The number of benzene rings is 3. The highest BCUT2D eigenvalue weighted by Gasteiger charge is 2.09. The van der Waals surface area contributed by atoms with E-state index in [4.69, 9.17) is 11.6 Å². The van der Waals surface area contributed by atoms with Crippen molar-refractivity contribution in [2.24, 2.45) is 0 Å². The van der Waals surface area contributed by atoms with Crippen LogP contribution in [0, 0.1) is 0 Å². The Hall–Kier alpha value is -3.44. The number of carbonyl (C=O) groups is 1. The average molecular weight is 403 g/mol. The molecular formula is C23H19ClN4O. The van der Waals surface area contributed by atoms with Crippen molar-refractivity contribution in [1.29, 1.82) is 0 Å². The fraction of sp³-hybridized carbons (Fsp3) is 0.0870. The van der Waals surface area contributed by atoms with Crippen LogP contribution < -0.4 is 10.6 Å². The SMILES string of the molecule is CC(=O)c1cccc(Nc2nc(NCc3ccccc3Cl)c3ccccc3n2)c1. The highest BCUT2D eigenvalue weighted by Crippen LogP contribution is 2.25. The first-order valence-electron chi connectivity index (χ1n) is 9.22. The van der Waals surface area contributed by atoms with Gasteiger partial charge in [0.2, 0.25) is 5.95 Å². The van der Waals surface area contributed by atoms with Crippen LogP contribution in [0.1, 0.15) is 22.8 Å². The monoisotopic (exact) mass is 402 g/mol. The van der Waals surface area contributed by atoms with Gasteiger partial charge in [-0.3, -0.25) is 4.79 Å². The number of aromatic nitrogens is 2. The molecule has 0 radical (unpaired) electrons. The maximum atomic E-state index is 11.6. The van der Waals surface area contributed by atoms with Gasteiger partial charge in [0.05, 0.1) is 5.52 Å². The maximum Gasteiger partial charge on any atom is 0.229 e. The van der Waals surface area contributed by atoms with Gasteiger partial charge in [0.25, 0.3) is 0 Å². The smallest absolute Gasteiger partial charge is 0.229 e. The number of Topliss-reactive ketones (excluding diaryl/α,β-unsaturated/α-hetero) is 1. The second-order valence-corrected chi connectivity index (χ2v) is 7.03. The zero-order chi connectivity index (χ0) is 20.2. The Morgan fingerprint density at radius 3 is 2.59 bits per heavy atom. The number of fused-ring (bicyclic) bond motifs is 1. The molecule has 0 aliphatic carbocycles. The number of nitrogens with one attached hydrogen (secondary N) is 2. The van der Waals surface area contributed by atoms with Crippen LogP contribution >= 0.6 is 11.6 Å². The molecule has 1 heterocycles. The molecule has 0 aliphatic rings. The number of ketones is 1. The number of halogens is 1. The molecule has 4 aromatic rings. The van der Waals surface area contributed by atoms with Crippen LogP contribution in [0.3, 0.4) is 0 Å². The van der Waals surface area contributed by atoms with Crippen molar-refractivity contribution >= 4 is 45.7 Å². The van der Waals surface area contributed by atoms with Crippen molar-refractivity contribution in [3.63, 3.8) is 0 Å². The molecule has 0 saturated carbocycles. The van der Waals surface area contributed by atoms with E-state index in [2.05, 4.69) is 20.6 Å². The lowest BCUT2D eigenvalue weighted by atomic mass is 10.1. The molecule has 0 amide bonds. The first kappa shape index (κ1) is 18.9. The number of para-hydroxylation sites is 1. The molecule has 0 aliphatic heterocycles. The van der Waals surface area contributed by atoms with Gasteiger partial charge >= 0.3 is 0 Å². The lowest BCUT2D eigenvalue weighted by Crippen LogP contribution is -2.06. The van der Waals surface area contributed by atoms with Crippen LogP contribution in [0.2, 0.25) is 5.02 Å². The van der Waals surface area contributed by atoms with E-state index in [1.165, 1.54) is 0 Å². The van der Waals surface area contributed by atoms with Crippen molar-refractivity contribution in [3.05, 3.63) is 88.9 Å². The lowest BCUT2D eigenvalue weighted by Gasteiger charge is -2.13. The fourth-order valence-electron chi connectivity index (χ4n) is 3.03. The lowest BCUT2D eigenvalue weighted by molar-refractivity contribution is 0.101. The molecule has 0 fully saturated rings. The summed E-state index contributed by atoms with van der Waals surface area (Å²) in [4.78, 5) is 20.9. The molecule has 0 unspecified atom stereocenters. The minimum Gasteiger partial charge on any atom is -0.365 e. The molecule has 1 aromatic heterocycles. The van der Waals surface area contributed by atoms with Crippen LogP contribution in [0.15, 0.2) is 72.8 Å². The molecule has 6 heteroatoms. The summed E-state index contributed by atoms with van der Waals surface area (Å²) in [7, 11) is 0. The quantitative estimate of drug-likeness (QED) is 0.396. The Morgan fingerprint density at radius 1 is 0.966 bits per heavy atom. The number of rotatable bonds is 6. The molecule has 2 N–H and O–H groups in total. The Bertz CT molecular complexity index is 1190. The Labute approximate surface area is 173 Å². The van der Waals surface area contributed by atoms with Gasteiger partial charge in [0, 0.05) is 28.2 Å². The molecule has 29 heavy (non-hydrogen) atoms. The zero-order valence-corrected chi connectivity index (χ0v) is 16.6. The standard InChI is InChI=1S/C23H19ClN4O/c1-15(29)16-8-6-9-18(13-16)26-23-27-21-12-5-3-10-19(21)22(28-23)25-14-17-7-2-4-11-20(17)24/h2-13H,14H2,1H3,(H2,25,26,27,28). The molecule has 0 saturated heterocycles. The Kier molecular flexibility index (Phi) is 5.40. The van der Waals surface area contributed by atoms with E-state index in [0.717, 1.165) is 22.2 Å². The Morgan fingerprint density at radius 2 is 1.76 bits per heavy atom. The second kappa shape index (κ2) is 8.29. The van der Waals surface area contributed by atoms with Crippen molar-refractivity contribution in [1.82, 2.24) is 9.97 Å². The Balaban J connectivity index is 1.66. The highest BCUT2D eigenvalue weighted by atomic mass is 35.5.